The van der Waals surface area contributed by atoms with Crippen LogP contribution in [0.15, 0.2) is 55.0 Å². The van der Waals surface area contributed by atoms with Crippen molar-refractivity contribution >= 4 is 40.6 Å². The summed E-state index contributed by atoms with van der Waals surface area (Å²) in [4.78, 5) is 24.7. The van der Waals surface area contributed by atoms with Crippen LogP contribution in [0.1, 0.15) is 16.2 Å². The number of nitrogens with one attached hydrogen (secondary N) is 2. The summed E-state index contributed by atoms with van der Waals surface area (Å²) < 4.78 is 0. The van der Waals surface area contributed by atoms with Gasteiger partial charge in [0.1, 0.15) is 11.5 Å². The topological polar surface area (TPSA) is 79.8 Å². The molecule has 1 amide bonds. The molecule has 0 unspecified atom stereocenters. The number of nitrogens with zero attached hydrogens (tertiary/aromatic N) is 3. The van der Waals surface area contributed by atoms with Crippen molar-refractivity contribution in [1.82, 2.24) is 15.0 Å². The second kappa shape index (κ2) is 7.92. The maximum absolute atomic E-state index is 12.2. The SMILES string of the molecule is O=C(Nc1cccc(Cl)c1Cl)c1cnc(NCc2ccccn2)cn1. The van der Waals surface area contributed by atoms with E-state index < -0.39 is 5.91 Å². The van der Waals surface area contributed by atoms with Crippen molar-refractivity contribution < 1.29 is 4.79 Å². The van der Waals surface area contributed by atoms with E-state index in [0.29, 0.717) is 23.1 Å². The summed E-state index contributed by atoms with van der Waals surface area (Å²) in [5.41, 5.74) is 1.46. The first-order chi connectivity index (χ1) is 12.1. The van der Waals surface area contributed by atoms with Crippen molar-refractivity contribution in [2.75, 3.05) is 10.6 Å². The van der Waals surface area contributed by atoms with Gasteiger partial charge in [-0.1, -0.05) is 35.3 Å². The summed E-state index contributed by atoms with van der Waals surface area (Å²) in [6.45, 7) is 0.513. The predicted octanol–water partition coefficient (Wildman–Crippen LogP) is 4.04. The van der Waals surface area contributed by atoms with E-state index in [9.17, 15) is 4.79 Å². The molecule has 0 aliphatic carbocycles. The van der Waals surface area contributed by atoms with E-state index in [1.807, 2.05) is 18.2 Å². The number of halogens is 2. The van der Waals surface area contributed by atoms with Gasteiger partial charge >= 0.3 is 0 Å². The lowest BCUT2D eigenvalue weighted by Gasteiger charge is -2.08. The number of rotatable bonds is 5. The van der Waals surface area contributed by atoms with Gasteiger partial charge in [-0.25, -0.2) is 9.97 Å². The van der Waals surface area contributed by atoms with Gasteiger partial charge in [-0.05, 0) is 24.3 Å². The highest BCUT2D eigenvalue weighted by Crippen LogP contribution is 2.29. The minimum Gasteiger partial charge on any atom is -0.363 e. The van der Waals surface area contributed by atoms with Gasteiger partial charge in [-0.3, -0.25) is 9.78 Å². The second-order valence-corrected chi connectivity index (χ2v) is 5.80. The van der Waals surface area contributed by atoms with Crippen LogP contribution in [0.25, 0.3) is 0 Å². The number of amides is 1. The number of pyridine rings is 1. The molecule has 2 heterocycles. The van der Waals surface area contributed by atoms with Crippen LogP contribution in [-0.2, 0) is 6.54 Å². The van der Waals surface area contributed by atoms with Crippen LogP contribution >= 0.6 is 23.2 Å². The number of carbonyl (C=O) groups is 1. The van der Waals surface area contributed by atoms with Gasteiger partial charge in [0, 0.05) is 6.20 Å². The van der Waals surface area contributed by atoms with Crippen LogP contribution < -0.4 is 10.6 Å². The number of aromatic nitrogens is 3. The van der Waals surface area contributed by atoms with Gasteiger partial charge in [0.05, 0.1) is 40.4 Å². The molecule has 6 nitrogen and oxygen atoms in total. The zero-order valence-electron chi connectivity index (χ0n) is 12.9. The Hall–Kier alpha value is -2.70. The van der Waals surface area contributed by atoms with Crippen LogP contribution in [0.2, 0.25) is 10.0 Å². The summed E-state index contributed by atoms with van der Waals surface area (Å²) in [6, 6.07) is 10.6. The zero-order valence-corrected chi connectivity index (χ0v) is 14.4. The molecule has 0 saturated heterocycles. The Kier molecular flexibility index (Phi) is 5.42. The van der Waals surface area contributed by atoms with Gasteiger partial charge in [0.25, 0.3) is 5.91 Å². The van der Waals surface area contributed by atoms with Gasteiger partial charge in [0.15, 0.2) is 0 Å². The second-order valence-electron chi connectivity index (χ2n) is 5.02. The Morgan fingerprint density at radius 2 is 1.88 bits per heavy atom. The zero-order chi connectivity index (χ0) is 17.6. The predicted molar refractivity (Wildman–Crippen MR) is 98.0 cm³/mol. The minimum absolute atomic E-state index is 0.166. The largest absolute Gasteiger partial charge is 0.363 e. The molecule has 0 saturated carbocycles. The van der Waals surface area contributed by atoms with Gasteiger partial charge < -0.3 is 10.6 Å². The quantitative estimate of drug-likeness (QED) is 0.705. The molecular formula is C17H13Cl2N5O. The van der Waals surface area contributed by atoms with E-state index in [1.165, 1.54) is 12.4 Å². The maximum atomic E-state index is 12.2. The van der Waals surface area contributed by atoms with E-state index in [1.54, 1.807) is 24.4 Å². The molecule has 3 aromatic rings. The van der Waals surface area contributed by atoms with E-state index in [2.05, 4.69) is 25.6 Å². The highest BCUT2D eigenvalue weighted by Gasteiger charge is 2.12. The highest BCUT2D eigenvalue weighted by molar-refractivity contribution is 6.44. The molecule has 0 aliphatic rings. The molecule has 0 fully saturated rings. The van der Waals surface area contributed by atoms with Crippen molar-refractivity contribution in [1.29, 1.82) is 0 Å². The third kappa shape index (κ3) is 4.43. The molecule has 1 aromatic carbocycles. The lowest BCUT2D eigenvalue weighted by molar-refractivity contribution is 0.102. The van der Waals surface area contributed by atoms with Crippen LogP contribution in [0.4, 0.5) is 11.5 Å². The number of hydrogen-bond donors (Lipinski definition) is 2. The maximum Gasteiger partial charge on any atom is 0.275 e. The summed E-state index contributed by atoms with van der Waals surface area (Å²) >= 11 is 12.0. The van der Waals surface area contributed by atoms with Gasteiger partial charge in [0.2, 0.25) is 0 Å². The van der Waals surface area contributed by atoms with Crippen LogP contribution in [0.5, 0.6) is 0 Å². The Bertz CT molecular complexity index is 872. The first kappa shape index (κ1) is 17.1. The van der Waals surface area contributed by atoms with Crippen molar-refractivity contribution in [3.8, 4) is 0 Å². The molecule has 0 radical (unpaired) electrons. The van der Waals surface area contributed by atoms with Crippen molar-refractivity contribution in [2.24, 2.45) is 0 Å². The smallest absolute Gasteiger partial charge is 0.275 e. The molecule has 0 aliphatic heterocycles. The van der Waals surface area contributed by atoms with E-state index in [4.69, 9.17) is 23.2 Å². The Labute approximate surface area is 154 Å². The summed E-state index contributed by atoms with van der Waals surface area (Å²) in [6.07, 6.45) is 4.59. The molecule has 0 spiro atoms. The molecule has 2 aromatic heterocycles. The molecular weight excluding hydrogens is 361 g/mol. The van der Waals surface area contributed by atoms with E-state index in [0.717, 1.165) is 5.69 Å². The fourth-order valence-corrected chi connectivity index (χ4v) is 2.35. The molecule has 2 N–H and O–H groups in total. The number of hydrogen-bond acceptors (Lipinski definition) is 5. The lowest BCUT2D eigenvalue weighted by atomic mass is 10.3. The Morgan fingerprint density at radius 3 is 2.60 bits per heavy atom. The first-order valence-electron chi connectivity index (χ1n) is 7.34. The van der Waals surface area contributed by atoms with Crippen molar-refractivity contribution in [2.45, 2.75) is 6.54 Å². The van der Waals surface area contributed by atoms with E-state index in [-0.39, 0.29) is 10.7 Å². The molecule has 0 bridgehead atoms. The van der Waals surface area contributed by atoms with Crippen LogP contribution in [-0.4, -0.2) is 20.9 Å². The normalized spacial score (nSPS) is 10.3. The first-order valence-corrected chi connectivity index (χ1v) is 8.10. The lowest BCUT2D eigenvalue weighted by Crippen LogP contribution is -2.15. The molecule has 126 valence electrons. The molecule has 0 atom stereocenters. The van der Waals surface area contributed by atoms with Crippen LogP contribution in [0.3, 0.4) is 0 Å². The fourth-order valence-electron chi connectivity index (χ4n) is 2.01. The van der Waals surface area contributed by atoms with Crippen molar-refractivity contribution in [3.63, 3.8) is 0 Å². The standard InChI is InChI=1S/C17H13Cl2N5O/c18-12-5-3-6-13(16(12)19)24-17(25)14-9-23-15(10-21-14)22-8-11-4-1-2-7-20-11/h1-7,9-10H,8H2,(H,22,23)(H,24,25). The van der Waals surface area contributed by atoms with Gasteiger partial charge in [-0.2, -0.15) is 0 Å². The summed E-state index contributed by atoms with van der Waals surface area (Å²) in [7, 11) is 0. The monoisotopic (exact) mass is 373 g/mol. The third-order valence-electron chi connectivity index (χ3n) is 3.26. The Morgan fingerprint density at radius 1 is 1.00 bits per heavy atom. The third-order valence-corrected chi connectivity index (χ3v) is 4.08. The number of anilines is 2. The van der Waals surface area contributed by atoms with Crippen LogP contribution in [0, 0.1) is 0 Å². The fraction of sp³-hybridized carbons (Fsp3) is 0.0588. The molecule has 8 heteroatoms. The summed E-state index contributed by atoms with van der Waals surface area (Å²) in [5, 5.41) is 6.38. The average molecular weight is 374 g/mol. The molecule has 3 rings (SSSR count). The number of carbonyl (C=O) groups excluding carboxylic acids is 1. The summed E-state index contributed by atoms with van der Waals surface area (Å²) in [5.74, 6) is 0.121. The van der Waals surface area contributed by atoms with Gasteiger partial charge in [-0.15, -0.1) is 0 Å². The number of benzene rings is 1. The van der Waals surface area contributed by atoms with E-state index >= 15 is 0 Å². The minimum atomic E-state index is -0.423. The highest BCUT2D eigenvalue weighted by atomic mass is 35.5. The van der Waals surface area contributed by atoms with Crippen molar-refractivity contribution in [3.05, 3.63) is 76.4 Å². The molecule has 25 heavy (non-hydrogen) atoms. The Balaban J connectivity index is 1.63. The average Bonchev–Trinajstić information content (AvgIpc) is 2.65.